The van der Waals surface area contributed by atoms with Gasteiger partial charge in [0, 0.05) is 25.6 Å². The van der Waals surface area contributed by atoms with E-state index in [4.69, 9.17) is 0 Å². The zero-order valence-electron chi connectivity index (χ0n) is 12.3. The van der Waals surface area contributed by atoms with Gasteiger partial charge in [0.05, 0.1) is 6.10 Å². The van der Waals surface area contributed by atoms with Crippen molar-refractivity contribution in [2.24, 2.45) is 5.92 Å². The molecule has 5 nitrogen and oxygen atoms in total. The van der Waals surface area contributed by atoms with Gasteiger partial charge in [0.25, 0.3) is 5.91 Å². The standard InChI is InChI=1S/C16H22N2O3/c1-11(19)17-9-12-2-5-14(6-3-12)16(21)18-10-13-4-7-15(20)8-13/h2-3,5-6,13,15,20H,4,7-10H2,1H3,(H,17,19)(H,18,21). The summed E-state index contributed by atoms with van der Waals surface area (Å²) in [6.07, 6.45) is 2.37. The number of hydrogen-bond acceptors (Lipinski definition) is 3. The molecule has 1 aromatic carbocycles. The molecule has 5 heteroatoms. The van der Waals surface area contributed by atoms with Crippen LogP contribution in [0.1, 0.15) is 42.1 Å². The predicted octanol–water partition coefficient (Wildman–Crippen LogP) is 1.21. The molecule has 0 radical (unpaired) electrons. The quantitative estimate of drug-likeness (QED) is 0.763. The Morgan fingerprint density at radius 3 is 2.48 bits per heavy atom. The molecule has 1 aliphatic carbocycles. The first-order chi connectivity index (χ1) is 10.0. The van der Waals surface area contributed by atoms with Crippen LogP contribution in [0, 0.1) is 5.92 Å². The third kappa shape index (κ3) is 4.86. The number of nitrogens with one attached hydrogen (secondary N) is 2. The third-order valence-corrected chi connectivity index (χ3v) is 3.82. The van der Waals surface area contributed by atoms with Crippen LogP contribution in [0.15, 0.2) is 24.3 Å². The first-order valence-corrected chi connectivity index (χ1v) is 7.34. The van der Waals surface area contributed by atoms with Crippen molar-refractivity contribution in [3.8, 4) is 0 Å². The summed E-state index contributed by atoms with van der Waals surface area (Å²) in [6.45, 7) is 2.56. The van der Waals surface area contributed by atoms with Gasteiger partial charge in [-0.2, -0.15) is 0 Å². The molecule has 2 atom stereocenters. The SMILES string of the molecule is CC(=O)NCc1ccc(C(=O)NCC2CCC(O)C2)cc1. The number of amides is 2. The number of carbonyl (C=O) groups is 2. The van der Waals surface area contributed by atoms with E-state index in [2.05, 4.69) is 10.6 Å². The van der Waals surface area contributed by atoms with Crippen molar-refractivity contribution in [1.82, 2.24) is 10.6 Å². The maximum absolute atomic E-state index is 12.0. The number of benzene rings is 1. The number of aliphatic hydroxyl groups is 1. The van der Waals surface area contributed by atoms with E-state index in [-0.39, 0.29) is 17.9 Å². The summed E-state index contributed by atoms with van der Waals surface area (Å²) in [5.41, 5.74) is 1.57. The zero-order valence-corrected chi connectivity index (χ0v) is 12.3. The van der Waals surface area contributed by atoms with Crippen LogP contribution in [-0.4, -0.2) is 29.6 Å². The average molecular weight is 290 g/mol. The number of rotatable bonds is 5. The highest BCUT2D eigenvalue weighted by molar-refractivity contribution is 5.94. The van der Waals surface area contributed by atoms with E-state index < -0.39 is 0 Å². The van der Waals surface area contributed by atoms with Crippen LogP contribution in [0.25, 0.3) is 0 Å². The molecular weight excluding hydrogens is 268 g/mol. The van der Waals surface area contributed by atoms with Crippen LogP contribution < -0.4 is 10.6 Å². The molecule has 0 heterocycles. The fraction of sp³-hybridized carbons (Fsp3) is 0.500. The molecule has 1 aliphatic rings. The molecule has 0 aromatic heterocycles. The van der Waals surface area contributed by atoms with E-state index in [1.165, 1.54) is 6.92 Å². The molecule has 0 spiro atoms. The lowest BCUT2D eigenvalue weighted by molar-refractivity contribution is -0.119. The number of carbonyl (C=O) groups excluding carboxylic acids is 2. The Labute approximate surface area is 124 Å². The van der Waals surface area contributed by atoms with Gasteiger partial charge >= 0.3 is 0 Å². The monoisotopic (exact) mass is 290 g/mol. The van der Waals surface area contributed by atoms with Crippen molar-refractivity contribution in [1.29, 1.82) is 0 Å². The first-order valence-electron chi connectivity index (χ1n) is 7.34. The van der Waals surface area contributed by atoms with Gasteiger partial charge in [-0.25, -0.2) is 0 Å². The van der Waals surface area contributed by atoms with Crippen LogP contribution >= 0.6 is 0 Å². The van der Waals surface area contributed by atoms with Crippen molar-refractivity contribution in [3.63, 3.8) is 0 Å². The highest BCUT2D eigenvalue weighted by atomic mass is 16.3. The predicted molar refractivity (Wildman–Crippen MR) is 79.6 cm³/mol. The smallest absolute Gasteiger partial charge is 0.251 e. The van der Waals surface area contributed by atoms with Crippen LogP contribution in [0.5, 0.6) is 0 Å². The highest BCUT2D eigenvalue weighted by Gasteiger charge is 2.23. The Morgan fingerprint density at radius 1 is 1.19 bits per heavy atom. The summed E-state index contributed by atoms with van der Waals surface area (Å²) in [6, 6.07) is 7.19. The molecule has 0 saturated heterocycles. The fourth-order valence-electron chi connectivity index (χ4n) is 2.57. The minimum Gasteiger partial charge on any atom is -0.393 e. The molecule has 2 amide bonds. The molecule has 0 aliphatic heterocycles. The fourth-order valence-corrected chi connectivity index (χ4v) is 2.57. The maximum Gasteiger partial charge on any atom is 0.251 e. The van der Waals surface area contributed by atoms with Gasteiger partial charge in [0.1, 0.15) is 0 Å². The van der Waals surface area contributed by atoms with E-state index in [0.717, 1.165) is 24.8 Å². The van der Waals surface area contributed by atoms with Crippen molar-refractivity contribution in [2.75, 3.05) is 6.54 Å². The van der Waals surface area contributed by atoms with Crippen molar-refractivity contribution >= 4 is 11.8 Å². The lowest BCUT2D eigenvalue weighted by atomic mass is 10.1. The van der Waals surface area contributed by atoms with Gasteiger partial charge in [0.15, 0.2) is 0 Å². The molecule has 1 saturated carbocycles. The Bertz CT molecular complexity index is 499. The van der Waals surface area contributed by atoms with E-state index in [1.807, 2.05) is 12.1 Å². The Kier molecular flexibility index (Phi) is 5.33. The first kappa shape index (κ1) is 15.5. The van der Waals surface area contributed by atoms with Gasteiger partial charge in [-0.15, -0.1) is 0 Å². The minimum absolute atomic E-state index is 0.0735. The highest BCUT2D eigenvalue weighted by Crippen LogP contribution is 2.24. The Morgan fingerprint density at radius 2 is 1.90 bits per heavy atom. The van der Waals surface area contributed by atoms with Crippen molar-refractivity contribution < 1.29 is 14.7 Å². The second-order valence-electron chi connectivity index (χ2n) is 5.65. The summed E-state index contributed by atoms with van der Waals surface area (Å²) in [4.78, 5) is 22.9. The second-order valence-corrected chi connectivity index (χ2v) is 5.65. The summed E-state index contributed by atoms with van der Waals surface area (Å²) >= 11 is 0. The molecule has 114 valence electrons. The zero-order chi connectivity index (χ0) is 15.2. The largest absolute Gasteiger partial charge is 0.393 e. The van der Waals surface area contributed by atoms with Gasteiger partial charge in [-0.1, -0.05) is 12.1 Å². The van der Waals surface area contributed by atoms with Gasteiger partial charge < -0.3 is 15.7 Å². The lowest BCUT2D eigenvalue weighted by Gasteiger charge is -2.11. The third-order valence-electron chi connectivity index (χ3n) is 3.82. The minimum atomic E-state index is -0.208. The summed E-state index contributed by atoms with van der Waals surface area (Å²) in [7, 11) is 0. The van der Waals surface area contributed by atoms with Crippen LogP contribution in [0.2, 0.25) is 0 Å². The second kappa shape index (κ2) is 7.22. The van der Waals surface area contributed by atoms with Gasteiger partial charge in [-0.3, -0.25) is 9.59 Å². The molecule has 2 rings (SSSR count). The summed E-state index contributed by atoms with van der Waals surface area (Å²) < 4.78 is 0. The molecule has 1 fully saturated rings. The normalized spacial score (nSPS) is 21.0. The molecule has 2 unspecified atom stereocenters. The molecule has 3 N–H and O–H groups in total. The van der Waals surface area contributed by atoms with Crippen LogP contribution in [0.4, 0.5) is 0 Å². The molecule has 0 bridgehead atoms. The van der Waals surface area contributed by atoms with Gasteiger partial charge in [0.2, 0.25) is 5.91 Å². The molecule has 1 aromatic rings. The summed E-state index contributed by atoms with van der Waals surface area (Å²) in [5, 5.41) is 15.1. The molecule has 21 heavy (non-hydrogen) atoms. The average Bonchev–Trinajstić information content (AvgIpc) is 2.89. The number of hydrogen-bond donors (Lipinski definition) is 3. The van der Waals surface area contributed by atoms with Crippen molar-refractivity contribution in [3.05, 3.63) is 35.4 Å². The molecular formula is C16H22N2O3. The van der Waals surface area contributed by atoms with Crippen molar-refractivity contribution in [2.45, 2.75) is 38.8 Å². The maximum atomic E-state index is 12.0. The van der Waals surface area contributed by atoms with E-state index in [1.54, 1.807) is 12.1 Å². The van der Waals surface area contributed by atoms with E-state index in [9.17, 15) is 14.7 Å². The number of aliphatic hydroxyl groups excluding tert-OH is 1. The summed E-state index contributed by atoms with van der Waals surface area (Å²) in [5.74, 6) is 0.209. The van der Waals surface area contributed by atoms with E-state index in [0.29, 0.717) is 24.6 Å². The van der Waals surface area contributed by atoms with Crippen LogP contribution in [-0.2, 0) is 11.3 Å². The van der Waals surface area contributed by atoms with Crippen LogP contribution in [0.3, 0.4) is 0 Å². The van der Waals surface area contributed by atoms with Gasteiger partial charge in [-0.05, 0) is 42.9 Å². The Hall–Kier alpha value is -1.88. The Balaban J connectivity index is 1.80. The topological polar surface area (TPSA) is 78.4 Å². The lowest BCUT2D eigenvalue weighted by Crippen LogP contribution is -2.28. The van der Waals surface area contributed by atoms with E-state index >= 15 is 0 Å².